The Balaban J connectivity index is 1.87. The highest BCUT2D eigenvalue weighted by atomic mass is 32.1. The summed E-state index contributed by atoms with van der Waals surface area (Å²) in [7, 11) is 0. The molecule has 1 aromatic rings. The van der Waals surface area contributed by atoms with E-state index in [4.69, 9.17) is 0 Å². The van der Waals surface area contributed by atoms with E-state index in [0.29, 0.717) is 6.54 Å². The number of rotatable bonds is 5. The normalized spacial score (nSPS) is 16.8. The summed E-state index contributed by atoms with van der Waals surface area (Å²) in [5.41, 5.74) is 0. The summed E-state index contributed by atoms with van der Waals surface area (Å²) in [5.74, 6) is 0.249. The highest BCUT2D eigenvalue weighted by Gasteiger charge is 2.20. The molecule has 0 atom stereocenters. The average Bonchev–Trinajstić information content (AvgIpc) is 2.76. The predicted octanol–water partition coefficient (Wildman–Crippen LogP) is 1.83. The first-order valence-electron chi connectivity index (χ1n) is 7.81. The lowest BCUT2D eigenvalue weighted by molar-refractivity contribution is -0.132. The van der Waals surface area contributed by atoms with Crippen LogP contribution in [0.1, 0.15) is 25.1 Å². The molecule has 0 saturated carbocycles. The SMILES string of the molecule is CCN(CC)C(=O)CN1CCCN(c2ncc(C)s2)CC1. The van der Waals surface area contributed by atoms with Crippen molar-refractivity contribution in [1.29, 1.82) is 0 Å². The summed E-state index contributed by atoms with van der Waals surface area (Å²) >= 11 is 1.75. The van der Waals surface area contributed by atoms with Crippen LogP contribution in [0.15, 0.2) is 6.20 Å². The Morgan fingerprint density at radius 1 is 1.29 bits per heavy atom. The van der Waals surface area contributed by atoms with E-state index in [1.807, 2.05) is 24.9 Å². The number of carbonyl (C=O) groups excluding carboxylic acids is 1. The molecule has 0 radical (unpaired) electrons. The minimum absolute atomic E-state index is 0.249. The first kappa shape index (κ1) is 16.2. The summed E-state index contributed by atoms with van der Waals surface area (Å²) in [5, 5.41) is 1.12. The largest absolute Gasteiger partial charge is 0.347 e. The van der Waals surface area contributed by atoms with Crippen LogP contribution in [0.25, 0.3) is 0 Å². The molecule has 0 bridgehead atoms. The van der Waals surface area contributed by atoms with Gasteiger partial charge in [0.25, 0.3) is 0 Å². The van der Waals surface area contributed by atoms with Crippen molar-refractivity contribution in [3.63, 3.8) is 0 Å². The van der Waals surface area contributed by atoms with E-state index in [1.54, 1.807) is 11.3 Å². The zero-order valence-electron chi connectivity index (χ0n) is 13.3. The molecule has 118 valence electrons. The number of aromatic nitrogens is 1. The zero-order chi connectivity index (χ0) is 15.2. The van der Waals surface area contributed by atoms with Gasteiger partial charge in [-0.3, -0.25) is 9.69 Å². The molecule has 5 nitrogen and oxygen atoms in total. The maximum Gasteiger partial charge on any atom is 0.236 e. The zero-order valence-corrected chi connectivity index (χ0v) is 14.2. The lowest BCUT2D eigenvalue weighted by Gasteiger charge is -2.25. The highest BCUT2D eigenvalue weighted by molar-refractivity contribution is 7.15. The van der Waals surface area contributed by atoms with E-state index in [1.165, 1.54) is 4.88 Å². The third-order valence-electron chi connectivity index (χ3n) is 3.94. The van der Waals surface area contributed by atoms with Crippen molar-refractivity contribution in [2.45, 2.75) is 27.2 Å². The molecule has 1 aliphatic heterocycles. The van der Waals surface area contributed by atoms with Gasteiger partial charge in [-0.1, -0.05) is 0 Å². The topological polar surface area (TPSA) is 39.7 Å². The van der Waals surface area contributed by atoms with Gasteiger partial charge in [0.15, 0.2) is 5.13 Å². The van der Waals surface area contributed by atoms with Crippen molar-refractivity contribution in [3.05, 3.63) is 11.1 Å². The molecule has 2 heterocycles. The van der Waals surface area contributed by atoms with E-state index >= 15 is 0 Å². The second-order valence-corrected chi connectivity index (χ2v) is 6.65. The summed E-state index contributed by atoms with van der Waals surface area (Å²) < 4.78 is 0. The second-order valence-electron chi connectivity index (χ2n) is 5.44. The molecule has 0 N–H and O–H groups in total. The number of thiazole rings is 1. The monoisotopic (exact) mass is 310 g/mol. The van der Waals surface area contributed by atoms with Crippen molar-refractivity contribution in [2.75, 3.05) is 50.7 Å². The summed E-state index contributed by atoms with van der Waals surface area (Å²) in [6.45, 7) is 12.2. The molecular formula is C15H26N4OS. The van der Waals surface area contributed by atoms with Crippen LogP contribution >= 0.6 is 11.3 Å². The van der Waals surface area contributed by atoms with E-state index in [2.05, 4.69) is 21.7 Å². The summed E-state index contributed by atoms with van der Waals surface area (Å²) in [4.78, 5) is 24.5. The maximum absolute atomic E-state index is 12.2. The van der Waals surface area contributed by atoms with Crippen LogP contribution in [-0.2, 0) is 4.79 Å². The third kappa shape index (κ3) is 4.41. The van der Waals surface area contributed by atoms with Crippen LogP contribution in [-0.4, -0.2) is 66.5 Å². The van der Waals surface area contributed by atoms with Crippen molar-refractivity contribution >= 4 is 22.4 Å². The molecule has 0 spiro atoms. The molecule has 0 aliphatic carbocycles. The van der Waals surface area contributed by atoms with Gasteiger partial charge in [0.1, 0.15) is 0 Å². The predicted molar refractivity (Wildman–Crippen MR) is 88.0 cm³/mol. The summed E-state index contributed by atoms with van der Waals surface area (Å²) in [6.07, 6.45) is 3.02. The van der Waals surface area contributed by atoms with Gasteiger partial charge in [0, 0.05) is 50.3 Å². The number of aryl methyl sites for hydroxylation is 1. The molecule has 21 heavy (non-hydrogen) atoms. The Labute approximate surface area is 131 Å². The van der Waals surface area contributed by atoms with Gasteiger partial charge in [-0.15, -0.1) is 11.3 Å². The number of carbonyl (C=O) groups is 1. The van der Waals surface area contributed by atoms with E-state index in [0.717, 1.165) is 50.8 Å². The van der Waals surface area contributed by atoms with Crippen molar-refractivity contribution in [3.8, 4) is 0 Å². The van der Waals surface area contributed by atoms with Crippen LogP contribution in [0, 0.1) is 6.92 Å². The first-order valence-corrected chi connectivity index (χ1v) is 8.63. The average molecular weight is 310 g/mol. The number of nitrogens with zero attached hydrogens (tertiary/aromatic N) is 4. The van der Waals surface area contributed by atoms with E-state index in [-0.39, 0.29) is 5.91 Å². The highest BCUT2D eigenvalue weighted by Crippen LogP contribution is 2.22. The quantitative estimate of drug-likeness (QED) is 0.832. The first-order chi connectivity index (χ1) is 10.1. The number of likely N-dealkylation sites (N-methyl/N-ethyl adjacent to an activating group) is 1. The smallest absolute Gasteiger partial charge is 0.236 e. The van der Waals surface area contributed by atoms with Gasteiger partial charge < -0.3 is 9.80 Å². The molecule has 2 rings (SSSR count). The molecule has 1 aliphatic rings. The van der Waals surface area contributed by atoms with Gasteiger partial charge in [-0.25, -0.2) is 4.98 Å². The molecule has 6 heteroatoms. The molecule has 0 unspecified atom stereocenters. The van der Waals surface area contributed by atoms with Crippen LogP contribution in [0.2, 0.25) is 0 Å². The second kappa shape index (κ2) is 7.75. The van der Waals surface area contributed by atoms with Gasteiger partial charge in [0.05, 0.1) is 6.54 Å². The number of anilines is 1. The van der Waals surface area contributed by atoms with Gasteiger partial charge in [-0.2, -0.15) is 0 Å². The lowest BCUT2D eigenvalue weighted by atomic mass is 10.3. The van der Waals surface area contributed by atoms with Crippen LogP contribution in [0.4, 0.5) is 5.13 Å². The molecule has 1 saturated heterocycles. The van der Waals surface area contributed by atoms with Gasteiger partial charge in [-0.05, 0) is 27.2 Å². The Bertz CT molecular complexity index is 458. The number of hydrogen-bond donors (Lipinski definition) is 0. The lowest BCUT2D eigenvalue weighted by Crippen LogP contribution is -2.41. The summed E-state index contributed by atoms with van der Waals surface area (Å²) in [6, 6.07) is 0. The Hall–Kier alpha value is -1.14. The van der Waals surface area contributed by atoms with E-state index in [9.17, 15) is 4.79 Å². The fourth-order valence-corrected chi connectivity index (χ4v) is 3.49. The number of amides is 1. The molecule has 0 aromatic carbocycles. The Kier molecular flexibility index (Phi) is 5.99. The van der Waals surface area contributed by atoms with Crippen molar-refractivity contribution < 1.29 is 4.79 Å². The number of hydrogen-bond acceptors (Lipinski definition) is 5. The molecule has 1 aromatic heterocycles. The van der Waals surface area contributed by atoms with Crippen LogP contribution in [0.3, 0.4) is 0 Å². The Morgan fingerprint density at radius 2 is 2.05 bits per heavy atom. The van der Waals surface area contributed by atoms with Gasteiger partial charge in [0.2, 0.25) is 5.91 Å². The maximum atomic E-state index is 12.2. The van der Waals surface area contributed by atoms with Crippen molar-refractivity contribution in [1.82, 2.24) is 14.8 Å². The minimum atomic E-state index is 0.249. The molecule has 1 fully saturated rings. The van der Waals surface area contributed by atoms with E-state index < -0.39 is 0 Å². The molecule has 1 amide bonds. The molecular weight excluding hydrogens is 284 g/mol. The standard InChI is InChI=1S/C15H26N4OS/c1-4-18(5-2)14(20)12-17-7-6-8-19(10-9-17)15-16-11-13(3)21-15/h11H,4-10,12H2,1-3H3. The van der Waals surface area contributed by atoms with Crippen molar-refractivity contribution in [2.24, 2.45) is 0 Å². The third-order valence-corrected chi connectivity index (χ3v) is 4.92. The van der Waals surface area contributed by atoms with Crippen LogP contribution < -0.4 is 4.90 Å². The van der Waals surface area contributed by atoms with Gasteiger partial charge >= 0.3 is 0 Å². The minimum Gasteiger partial charge on any atom is -0.347 e. The fourth-order valence-electron chi connectivity index (χ4n) is 2.68. The van der Waals surface area contributed by atoms with Crippen LogP contribution in [0.5, 0.6) is 0 Å². The fraction of sp³-hybridized carbons (Fsp3) is 0.733. The Morgan fingerprint density at radius 3 is 2.67 bits per heavy atom.